The van der Waals surface area contributed by atoms with Gasteiger partial charge in [0.05, 0.1) is 5.29 Å². The molecule has 0 spiro atoms. The van der Waals surface area contributed by atoms with E-state index in [1.54, 1.807) is 0 Å². The van der Waals surface area contributed by atoms with Crippen molar-refractivity contribution in [3.8, 4) is 0 Å². The molecule has 5 N–H and O–H groups in total. The lowest BCUT2D eigenvalue weighted by atomic mass is 12.9. The fourth-order valence-electron chi connectivity index (χ4n) is 0.0638. The number of nitrogens with zero attached hydrogens (tertiary/aromatic N) is 1. The highest BCUT2D eigenvalue weighted by molar-refractivity contribution is 7.56. The van der Waals surface area contributed by atoms with Crippen LogP contribution in [0, 0.1) is 4.91 Å². The topological polar surface area (TPSA) is 111 Å². The van der Waals surface area contributed by atoms with Gasteiger partial charge in [-0.1, -0.05) is 0 Å². The number of nitrogens with one attached hydrogen (secondary N) is 1. The highest BCUT2D eigenvalue weighted by Gasteiger charge is 2.02. The van der Waals surface area contributed by atoms with E-state index >= 15 is 0 Å². The van der Waals surface area contributed by atoms with Crippen LogP contribution in [-0.4, -0.2) is 0 Å². The largest absolute Gasteiger partial charge is 0.315 e. The molecule has 0 rings (SSSR count). The molecule has 0 saturated carbocycles. The van der Waals surface area contributed by atoms with E-state index in [1.165, 1.54) is 5.20 Å². The van der Waals surface area contributed by atoms with Gasteiger partial charge in [0, 0.05) is 0 Å². The minimum absolute atomic E-state index is 1.47. The minimum atomic E-state index is -3.39. The second-order valence-corrected chi connectivity index (χ2v) is 2.52. The van der Waals surface area contributed by atoms with Gasteiger partial charge in [-0.3, -0.25) is 15.6 Å². The van der Waals surface area contributed by atoms with Gasteiger partial charge in [0.25, 0.3) is 0 Å². The van der Waals surface area contributed by atoms with Gasteiger partial charge in [0.15, 0.2) is 0 Å². The molecule has 0 bridgehead atoms. The van der Waals surface area contributed by atoms with Crippen molar-refractivity contribution in [3.63, 3.8) is 0 Å². The zero-order valence-electron chi connectivity index (χ0n) is 3.37. The predicted molar refractivity (Wildman–Crippen MR) is 24.9 cm³/mol. The van der Waals surface area contributed by atoms with Crippen molar-refractivity contribution in [2.24, 2.45) is 16.3 Å². The van der Waals surface area contributed by atoms with E-state index in [-0.39, 0.29) is 0 Å². The van der Waals surface area contributed by atoms with Crippen LogP contribution in [0.3, 0.4) is 0 Å². The van der Waals surface area contributed by atoms with Gasteiger partial charge in [-0.15, -0.1) is 4.91 Å². The first-order valence-corrected chi connectivity index (χ1v) is 3.17. The van der Waals surface area contributed by atoms with Gasteiger partial charge in [0.2, 0.25) is 0 Å². The van der Waals surface area contributed by atoms with Crippen LogP contribution in [0.15, 0.2) is 5.29 Å². The summed E-state index contributed by atoms with van der Waals surface area (Å²) in [6.45, 7) is 0. The quantitative estimate of drug-likeness (QED) is 0.255. The maximum absolute atomic E-state index is 9.97. The third-order valence-corrected chi connectivity index (χ3v) is 0.591. The fraction of sp³-hybridized carbons (Fsp3) is 0. The number of rotatable bonds is 2. The molecular formula is H5N4O2P. The summed E-state index contributed by atoms with van der Waals surface area (Å²) < 4.78 is 9.97. The monoisotopic (exact) mass is 124 g/mol. The lowest BCUT2D eigenvalue weighted by Crippen LogP contribution is -2.16. The molecule has 0 heterocycles. The van der Waals surface area contributed by atoms with Gasteiger partial charge in [0.1, 0.15) is 0 Å². The SMILES string of the molecule is NP(N)(=O)NN=O. The Bertz CT molecular complexity index is 102. The third-order valence-electron chi connectivity index (χ3n) is 0.197. The van der Waals surface area contributed by atoms with Crippen LogP contribution in [0.1, 0.15) is 0 Å². The standard InChI is InChI=1S/H5N4O2P/c1-7(2,6)4-3-5/h(H5,1,2,4,5,6). The molecule has 0 aromatic rings. The van der Waals surface area contributed by atoms with Crippen molar-refractivity contribution in [1.82, 2.24) is 5.20 Å². The lowest BCUT2D eigenvalue weighted by molar-refractivity contribution is 0.568. The van der Waals surface area contributed by atoms with E-state index in [0.29, 0.717) is 0 Å². The fourth-order valence-corrected chi connectivity index (χ4v) is 0.191. The van der Waals surface area contributed by atoms with Crippen molar-refractivity contribution in [2.45, 2.75) is 0 Å². The molecule has 0 aliphatic heterocycles. The first-order chi connectivity index (χ1) is 3.06. The van der Waals surface area contributed by atoms with Gasteiger partial charge >= 0.3 is 7.59 Å². The predicted octanol–water partition coefficient (Wildman–Crippen LogP) is -0.717. The molecule has 0 unspecified atom stereocenters. The summed E-state index contributed by atoms with van der Waals surface area (Å²) in [7, 11) is -3.39. The van der Waals surface area contributed by atoms with Crippen molar-refractivity contribution in [3.05, 3.63) is 4.91 Å². The maximum atomic E-state index is 9.97. The van der Waals surface area contributed by atoms with E-state index in [1.807, 2.05) is 5.29 Å². The Morgan fingerprint density at radius 3 is 2.00 bits per heavy atom. The summed E-state index contributed by atoms with van der Waals surface area (Å²) in [5.41, 5.74) is 9.15. The highest BCUT2D eigenvalue weighted by Crippen LogP contribution is 2.15. The summed E-state index contributed by atoms with van der Waals surface area (Å²) in [6.07, 6.45) is 0. The molecule has 0 atom stereocenters. The van der Waals surface area contributed by atoms with E-state index < -0.39 is 7.59 Å². The van der Waals surface area contributed by atoms with Crippen LogP contribution < -0.4 is 16.2 Å². The average Bonchev–Trinajstić information content (AvgIpc) is 1.30. The molecular weight excluding hydrogens is 119 g/mol. The molecule has 6 nitrogen and oxygen atoms in total. The van der Waals surface area contributed by atoms with Crippen LogP contribution in [0.25, 0.3) is 0 Å². The van der Waals surface area contributed by atoms with Crippen LogP contribution in [0.5, 0.6) is 0 Å². The molecule has 0 aliphatic carbocycles. The molecule has 0 amide bonds. The number of hydrogen-bond donors (Lipinski definition) is 3. The van der Waals surface area contributed by atoms with Crippen molar-refractivity contribution >= 4 is 7.59 Å². The Hall–Kier alpha value is -0.450. The zero-order valence-corrected chi connectivity index (χ0v) is 4.26. The molecule has 0 fully saturated rings. The Labute approximate surface area is 39.7 Å². The molecule has 7 heavy (non-hydrogen) atoms. The van der Waals surface area contributed by atoms with Crippen LogP contribution in [0.2, 0.25) is 0 Å². The van der Waals surface area contributed by atoms with Crippen LogP contribution in [0.4, 0.5) is 0 Å². The van der Waals surface area contributed by atoms with Crippen LogP contribution >= 0.6 is 7.59 Å². The molecule has 0 radical (unpaired) electrons. The summed E-state index contributed by atoms with van der Waals surface area (Å²) in [5, 5.41) is 3.46. The Balaban J connectivity index is 3.57. The van der Waals surface area contributed by atoms with E-state index in [9.17, 15) is 4.57 Å². The molecule has 0 saturated heterocycles. The van der Waals surface area contributed by atoms with E-state index in [0.717, 1.165) is 0 Å². The van der Waals surface area contributed by atoms with Crippen LogP contribution in [-0.2, 0) is 4.57 Å². The van der Waals surface area contributed by atoms with Gasteiger partial charge < -0.3 is 0 Å². The molecule has 42 valence electrons. The summed E-state index contributed by atoms with van der Waals surface area (Å²) in [4.78, 5) is 9.13. The molecule has 0 aromatic carbocycles. The third kappa shape index (κ3) is 5.55. The summed E-state index contributed by atoms with van der Waals surface area (Å²) >= 11 is 0. The van der Waals surface area contributed by atoms with Crippen molar-refractivity contribution in [1.29, 1.82) is 0 Å². The lowest BCUT2D eigenvalue weighted by Gasteiger charge is -1.97. The first kappa shape index (κ1) is 6.55. The smallest absolute Gasteiger partial charge is 0.263 e. The number of nitroso groups, excluding NO2 is 1. The summed E-state index contributed by atoms with van der Waals surface area (Å²) in [5.74, 6) is 0. The molecule has 7 heteroatoms. The maximum Gasteiger partial charge on any atom is 0.315 e. The minimum Gasteiger partial charge on any atom is -0.263 e. The number of hydrogen-bond acceptors (Lipinski definition) is 3. The Morgan fingerprint density at radius 1 is 1.57 bits per heavy atom. The molecule has 0 aliphatic rings. The Kier molecular flexibility index (Phi) is 1.89. The second-order valence-electron chi connectivity index (χ2n) is 0.901. The molecule has 0 aromatic heterocycles. The second kappa shape index (κ2) is 2.02. The summed E-state index contributed by atoms with van der Waals surface area (Å²) in [6, 6.07) is 0. The number of nitrogens with two attached hydrogens (primary N) is 2. The zero-order chi connectivity index (χ0) is 5.91. The van der Waals surface area contributed by atoms with E-state index in [4.69, 9.17) is 4.91 Å². The first-order valence-electron chi connectivity index (χ1n) is 1.33. The van der Waals surface area contributed by atoms with Gasteiger partial charge in [-0.05, 0) is 0 Å². The Morgan fingerprint density at radius 2 is 2.00 bits per heavy atom. The van der Waals surface area contributed by atoms with E-state index in [2.05, 4.69) is 11.0 Å². The van der Waals surface area contributed by atoms with Gasteiger partial charge in [-0.25, -0.2) is 0 Å². The normalized spacial score (nSPS) is 10.6. The average molecular weight is 124 g/mol. The van der Waals surface area contributed by atoms with Gasteiger partial charge in [-0.2, -0.15) is 5.20 Å². The highest BCUT2D eigenvalue weighted by atomic mass is 31.2. The van der Waals surface area contributed by atoms with Crippen molar-refractivity contribution in [2.75, 3.05) is 0 Å². The van der Waals surface area contributed by atoms with Crippen molar-refractivity contribution < 1.29 is 4.57 Å².